The van der Waals surface area contributed by atoms with Crippen LogP contribution in [0.1, 0.15) is 6.42 Å². The molecule has 0 saturated carbocycles. The van der Waals surface area contributed by atoms with Gasteiger partial charge in [-0.3, -0.25) is 0 Å². The van der Waals surface area contributed by atoms with E-state index in [2.05, 4.69) is 20.6 Å². The molecule has 0 atom stereocenters. The van der Waals surface area contributed by atoms with Gasteiger partial charge in [0.15, 0.2) is 11.5 Å². The summed E-state index contributed by atoms with van der Waals surface area (Å²) in [6, 6.07) is 3.74. The Bertz CT molecular complexity index is 456. The molecule has 2 aromatic heterocycles. The highest BCUT2D eigenvalue weighted by Gasteiger charge is 2.04. The summed E-state index contributed by atoms with van der Waals surface area (Å²) in [7, 11) is 3.68. The molecule has 0 aliphatic heterocycles. The molecule has 7 heteroatoms. The predicted molar refractivity (Wildman–Crippen MR) is 58.3 cm³/mol. The third kappa shape index (κ3) is 2.25. The molecule has 0 aliphatic carbocycles. The molecule has 0 unspecified atom stereocenters. The van der Waals surface area contributed by atoms with Gasteiger partial charge in [-0.15, -0.1) is 14.8 Å². The summed E-state index contributed by atoms with van der Waals surface area (Å²) in [4.78, 5) is 2.04. The molecule has 2 heterocycles. The Morgan fingerprint density at radius 3 is 3.12 bits per heavy atom. The fraction of sp³-hybridized carbons (Fsp3) is 0.556. The Morgan fingerprint density at radius 2 is 2.31 bits per heavy atom. The number of aromatic nitrogens is 5. The average molecular weight is 222 g/mol. The van der Waals surface area contributed by atoms with Crippen molar-refractivity contribution in [1.82, 2.24) is 25.3 Å². The van der Waals surface area contributed by atoms with E-state index in [0.717, 1.165) is 25.4 Å². The second kappa shape index (κ2) is 4.84. The highest BCUT2D eigenvalue weighted by molar-refractivity contribution is 5.43. The van der Waals surface area contributed by atoms with E-state index >= 15 is 0 Å². The van der Waals surface area contributed by atoms with Gasteiger partial charge >= 0.3 is 0 Å². The van der Waals surface area contributed by atoms with Crippen molar-refractivity contribution in [2.75, 3.05) is 32.2 Å². The standard InChI is InChI=1S/C9H14N6O/c1-14(6-3-7-16-2)9-5-4-8-10-12-13-15(8)11-9/h4-5H,3,6-7H2,1-2H3. The normalized spacial score (nSPS) is 10.9. The molecular formula is C9H14N6O. The van der Waals surface area contributed by atoms with Crippen LogP contribution in [0.3, 0.4) is 0 Å². The van der Waals surface area contributed by atoms with Crippen LogP contribution in [-0.2, 0) is 4.74 Å². The summed E-state index contributed by atoms with van der Waals surface area (Å²) >= 11 is 0. The second-order valence-corrected chi connectivity index (χ2v) is 3.49. The van der Waals surface area contributed by atoms with E-state index < -0.39 is 0 Å². The first-order valence-electron chi connectivity index (χ1n) is 5.07. The van der Waals surface area contributed by atoms with Gasteiger partial charge < -0.3 is 9.64 Å². The van der Waals surface area contributed by atoms with Crippen molar-refractivity contribution >= 4 is 11.5 Å². The van der Waals surface area contributed by atoms with Crippen LogP contribution in [0, 0.1) is 0 Å². The van der Waals surface area contributed by atoms with E-state index in [-0.39, 0.29) is 0 Å². The molecule has 7 nitrogen and oxygen atoms in total. The van der Waals surface area contributed by atoms with Crippen molar-refractivity contribution in [3.63, 3.8) is 0 Å². The zero-order valence-corrected chi connectivity index (χ0v) is 9.37. The Labute approximate surface area is 93.0 Å². The molecule has 0 saturated heterocycles. The summed E-state index contributed by atoms with van der Waals surface area (Å²) in [6.07, 6.45) is 0.961. The van der Waals surface area contributed by atoms with Gasteiger partial charge in [-0.1, -0.05) is 0 Å². The maximum absolute atomic E-state index is 5.00. The van der Waals surface area contributed by atoms with Crippen molar-refractivity contribution in [3.8, 4) is 0 Å². The maximum atomic E-state index is 5.00. The highest BCUT2D eigenvalue weighted by Crippen LogP contribution is 2.08. The van der Waals surface area contributed by atoms with Gasteiger partial charge in [0.25, 0.3) is 0 Å². The summed E-state index contributed by atoms with van der Waals surface area (Å²) in [5.41, 5.74) is 0.647. The molecular weight excluding hydrogens is 208 g/mol. The topological polar surface area (TPSA) is 68.4 Å². The lowest BCUT2D eigenvalue weighted by molar-refractivity contribution is 0.196. The molecule has 0 radical (unpaired) electrons. The first kappa shape index (κ1) is 10.7. The lowest BCUT2D eigenvalue weighted by Gasteiger charge is -2.16. The van der Waals surface area contributed by atoms with Gasteiger partial charge in [0.1, 0.15) is 0 Å². The van der Waals surface area contributed by atoms with Crippen LogP contribution in [0.2, 0.25) is 0 Å². The van der Waals surface area contributed by atoms with Crippen LogP contribution >= 0.6 is 0 Å². The summed E-state index contributed by atoms with van der Waals surface area (Å²) in [5.74, 6) is 0.843. The number of fused-ring (bicyclic) bond motifs is 1. The third-order valence-corrected chi connectivity index (χ3v) is 2.29. The van der Waals surface area contributed by atoms with Crippen molar-refractivity contribution in [2.45, 2.75) is 6.42 Å². The quantitative estimate of drug-likeness (QED) is 0.663. The minimum absolute atomic E-state index is 0.647. The van der Waals surface area contributed by atoms with Crippen molar-refractivity contribution in [3.05, 3.63) is 12.1 Å². The van der Waals surface area contributed by atoms with Crippen LogP contribution in [0.5, 0.6) is 0 Å². The Balaban J connectivity index is 2.07. The number of rotatable bonds is 5. The third-order valence-electron chi connectivity index (χ3n) is 2.29. The van der Waals surface area contributed by atoms with Crippen molar-refractivity contribution in [2.24, 2.45) is 0 Å². The molecule has 0 fully saturated rings. The molecule has 0 aromatic carbocycles. The summed E-state index contributed by atoms with van der Waals surface area (Å²) in [5, 5.41) is 15.4. The number of hydrogen-bond acceptors (Lipinski definition) is 6. The number of nitrogens with zero attached hydrogens (tertiary/aromatic N) is 6. The molecule has 0 N–H and O–H groups in total. The summed E-state index contributed by atoms with van der Waals surface area (Å²) in [6.45, 7) is 1.63. The minimum atomic E-state index is 0.647. The molecule has 0 bridgehead atoms. The first-order chi connectivity index (χ1) is 7.81. The number of methoxy groups -OCH3 is 1. The Morgan fingerprint density at radius 1 is 1.44 bits per heavy atom. The van der Waals surface area contributed by atoms with E-state index in [1.165, 1.54) is 4.63 Å². The lowest BCUT2D eigenvalue weighted by Crippen LogP contribution is -2.21. The number of tetrazole rings is 1. The van der Waals surface area contributed by atoms with Crippen molar-refractivity contribution < 1.29 is 4.74 Å². The van der Waals surface area contributed by atoms with Crippen molar-refractivity contribution in [1.29, 1.82) is 0 Å². The van der Waals surface area contributed by atoms with E-state index in [1.54, 1.807) is 7.11 Å². The molecule has 0 spiro atoms. The van der Waals surface area contributed by atoms with E-state index in [0.29, 0.717) is 5.65 Å². The van der Waals surface area contributed by atoms with Crippen LogP contribution < -0.4 is 4.90 Å². The average Bonchev–Trinajstić information content (AvgIpc) is 2.76. The fourth-order valence-electron chi connectivity index (χ4n) is 1.40. The predicted octanol–water partition coefficient (Wildman–Crippen LogP) is -0.00800. The molecule has 86 valence electrons. The number of hydrogen-bond donors (Lipinski definition) is 0. The van der Waals surface area contributed by atoms with Crippen LogP contribution in [0.15, 0.2) is 12.1 Å². The molecule has 2 aromatic rings. The smallest absolute Gasteiger partial charge is 0.200 e. The second-order valence-electron chi connectivity index (χ2n) is 3.49. The Hall–Kier alpha value is -1.76. The molecule has 2 rings (SSSR count). The van der Waals surface area contributed by atoms with Gasteiger partial charge in [0.2, 0.25) is 0 Å². The Kier molecular flexibility index (Phi) is 3.25. The largest absolute Gasteiger partial charge is 0.385 e. The van der Waals surface area contributed by atoms with Gasteiger partial charge in [0, 0.05) is 27.3 Å². The number of ether oxygens (including phenoxy) is 1. The van der Waals surface area contributed by atoms with Crippen LogP contribution in [-0.4, -0.2) is 52.6 Å². The highest BCUT2D eigenvalue weighted by atomic mass is 16.5. The van der Waals surface area contributed by atoms with Gasteiger partial charge in [-0.05, 0) is 29.0 Å². The minimum Gasteiger partial charge on any atom is -0.385 e. The zero-order chi connectivity index (χ0) is 11.4. The van der Waals surface area contributed by atoms with Crippen LogP contribution in [0.25, 0.3) is 5.65 Å². The summed E-state index contributed by atoms with van der Waals surface area (Å²) < 4.78 is 6.42. The fourth-order valence-corrected chi connectivity index (χ4v) is 1.40. The molecule has 0 aliphatic rings. The maximum Gasteiger partial charge on any atom is 0.200 e. The van der Waals surface area contributed by atoms with E-state index in [1.807, 2.05) is 24.1 Å². The van der Waals surface area contributed by atoms with Gasteiger partial charge in [-0.2, -0.15) is 0 Å². The van der Waals surface area contributed by atoms with E-state index in [9.17, 15) is 0 Å². The van der Waals surface area contributed by atoms with E-state index in [4.69, 9.17) is 4.74 Å². The van der Waals surface area contributed by atoms with Gasteiger partial charge in [0.05, 0.1) is 0 Å². The zero-order valence-electron chi connectivity index (χ0n) is 9.37. The molecule has 16 heavy (non-hydrogen) atoms. The monoisotopic (exact) mass is 222 g/mol. The van der Waals surface area contributed by atoms with Crippen LogP contribution in [0.4, 0.5) is 5.82 Å². The first-order valence-corrected chi connectivity index (χ1v) is 5.07. The SMILES string of the molecule is COCCCN(C)c1ccc2nnnn2n1. The molecule has 0 amide bonds. The number of anilines is 1. The van der Waals surface area contributed by atoms with Gasteiger partial charge in [-0.25, -0.2) is 0 Å². The lowest BCUT2D eigenvalue weighted by atomic mass is 10.4.